The van der Waals surface area contributed by atoms with Crippen molar-refractivity contribution in [3.05, 3.63) is 0 Å². The molecule has 2 heterocycles. The number of carbonyl (C=O) groups excluding carboxylic acids is 1. The largest absolute Gasteiger partial charge is 0.342 e. The van der Waals surface area contributed by atoms with Crippen molar-refractivity contribution in [1.29, 1.82) is 0 Å². The second kappa shape index (κ2) is 7.31. The van der Waals surface area contributed by atoms with Crippen molar-refractivity contribution in [3.8, 4) is 0 Å². The average Bonchev–Trinajstić information content (AvgIpc) is 2.77. The molecule has 5 heteroatoms. The fraction of sp³-hybridized carbons (Fsp3) is 0.923. The number of likely N-dealkylation sites (tertiary alicyclic amines) is 1. The summed E-state index contributed by atoms with van der Waals surface area (Å²) >= 11 is 0. The van der Waals surface area contributed by atoms with Crippen LogP contribution in [-0.4, -0.2) is 61.0 Å². The Morgan fingerprint density at radius 2 is 2.06 bits per heavy atom. The van der Waals surface area contributed by atoms with Gasteiger partial charge in [0.15, 0.2) is 0 Å². The molecule has 2 unspecified atom stereocenters. The van der Waals surface area contributed by atoms with Crippen molar-refractivity contribution in [2.24, 2.45) is 5.92 Å². The highest BCUT2D eigenvalue weighted by atomic mass is 35.5. The molecule has 2 saturated heterocycles. The highest BCUT2D eigenvalue weighted by Crippen LogP contribution is 2.24. The Labute approximate surface area is 116 Å². The molecule has 0 radical (unpaired) electrons. The molecule has 18 heavy (non-hydrogen) atoms. The summed E-state index contributed by atoms with van der Waals surface area (Å²) in [5.41, 5.74) is 0. The zero-order valence-corrected chi connectivity index (χ0v) is 12.3. The molecule has 0 bridgehead atoms. The summed E-state index contributed by atoms with van der Waals surface area (Å²) in [5.74, 6) is 1.06. The van der Waals surface area contributed by atoms with Gasteiger partial charge in [0.2, 0.25) is 5.91 Å². The number of nitrogens with zero attached hydrogens (tertiary/aromatic N) is 2. The first kappa shape index (κ1) is 15.7. The van der Waals surface area contributed by atoms with Crippen LogP contribution in [0.25, 0.3) is 0 Å². The van der Waals surface area contributed by atoms with Crippen molar-refractivity contribution < 1.29 is 4.79 Å². The number of hydrogen-bond donors (Lipinski definition) is 1. The second-order valence-corrected chi connectivity index (χ2v) is 5.20. The minimum absolute atomic E-state index is 0. The average molecular weight is 276 g/mol. The van der Waals surface area contributed by atoms with Crippen LogP contribution < -0.4 is 5.32 Å². The van der Waals surface area contributed by atoms with Crippen LogP contribution in [0, 0.1) is 5.92 Å². The molecule has 2 fully saturated rings. The third kappa shape index (κ3) is 3.59. The monoisotopic (exact) mass is 275 g/mol. The van der Waals surface area contributed by atoms with E-state index >= 15 is 0 Å². The Hall–Kier alpha value is -0.320. The SMILES string of the molecule is CCN(CC)C(=O)CN1CCC2NCCC2C1.Cl. The molecule has 2 atom stereocenters. The lowest BCUT2D eigenvalue weighted by molar-refractivity contribution is -0.132. The number of hydrogen-bond acceptors (Lipinski definition) is 3. The third-order valence-corrected chi connectivity index (χ3v) is 4.21. The Morgan fingerprint density at radius 3 is 2.72 bits per heavy atom. The van der Waals surface area contributed by atoms with E-state index in [4.69, 9.17) is 0 Å². The van der Waals surface area contributed by atoms with Crippen LogP contribution in [0.2, 0.25) is 0 Å². The molecule has 0 spiro atoms. The fourth-order valence-electron chi connectivity index (χ4n) is 3.13. The van der Waals surface area contributed by atoms with Crippen molar-refractivity contribution in [2.45, 2.75) is 32.7 Å². The molecule has 1 N–H and O–H groups in total. The van der Waals surface area contributed by atoms with Gasteiger partial charge >= 0.3 is 0 Å². The standard InChI is InChI=1S/C13H25N3O.ClH/c1-3-16(4-2)13(17)10-15-8-6-12-11(9-15)5-7-14-12;/h11-12,14H,3-10H2,1-2H3;1H. The maximum Gasteiger partial charge on any atom is 0.236 e. The van der Waals surface area contributed by atoms with Gasteiger partial charge in [-0.05, 0) is 39.2 Å². The van der Waals surface area contributed by atoms with Crippen LogP contribution in [0.1, 0.15) is 26.7 Å². The van der Waals surface area contributed by atoms with Gasteiger partial charge in [0.25, 0.3) is 0 Å². The third-order valence-electron chi connectivity index (χ3n) is 4.21. The molecule has 0 saturated carbocycles. The smallest absolute Gasteiger partial charge is 0.236 e. The van der Waals surface area contributed by atoms with E-state index in [-0.39, 0.29) is 12.4 Å². The van der Waals surface area contributed by atoms with Crippen LogP contribution in [0.4, 0.5) is 0 Å². The van der Waals surface area contributed by atoms with Gasteiger partial charge < -0.3 is 10.2 Å². The van der Waals surface area contributed by atoms with Crippen LogP contribution in [0.5, 0.6) is 0 Å². The Bertz CT molecular complexity index is 271. The van der Waals surface area contributed by atoms with Gasteiger partial charge in [-0.25, -0.2) is 0 Å². The van der Waals surface area contributed by atoms with E-state index in [1.165, 1.54) is 12.8 Å². The second-order valence-electron chi connectivity index (χ2n) is 5.20. The van der Waals surface area contributed by atoms with Gasteiger partial charge in [0, 0.05) is 32.2 Å². The number of nitrogens with one attached hydrogen (secondary N) is 1. The highest BCUT2D eigenvalue weighted by Gasteiger charge is 2.33. The summed E-state index contributed by atoms with van der Waals surface area (Å²) in [4.78, 5) is 16.3. The maximum atomic E-state index is 12.0. The molecule has 2 aliphatic rings. The number of rotatable bonds is 4. The van der Waals surface area contributed by atoms with E-state index in [2.05, 4.69) is 24.1 Å². The van der Waals surface area contributed by atoms with Crippen molar-refractivity contribution in [3.63, 3.8) is 0 Å². The summed E-state index contributed by atoms with van der Waals surface area (Å²) in [6.07, 6.45) is 2.48. The van der Waals surface area contributed by atoms with Gasteiger partial charge in [0.05, 0.1) is 6.54 Å². The molecular weight excluding hydrogens is 250 g/mol. The quantitative estimate of drug-likeness (QED) is 0.830. The fourth-order valence-corrected chi connectivity index (χ4v) is 3.13. The minimum Gasteiger partial charge on any atom is -0.342 e. The number of likely N-dealkylation sites (N-methyl/N-ethyl adjacent to an activating group) is 1. The van der Waals surface area contributed by atoms with Gasteiger partial charge in [-0.15, -0.1) is 12.4 Å². The molecular formula is C13H26ClN3O. The van der Waals surface area contributed by atoms with E-state index in [1.54, 1.807) is 0 Å². The van der Waals surface area contributed by atoms with Crippen LogP contribution in [0.3, 0.4) is 0 Å². The molecule has 2 rings (SSSR count). The predicted molar refractivity (Wildman–Crippen MR) is 76.1 cm³/mol. The zero-order chi connectivity index (χ0) is 12.3. The van der Waals surface area contributed by atoms with E-state index in [0.717, 1.165) is 44.7 Å². The molecule has 0 aromatic carbocycles. The molecule has 0 aromatic rings. The van der Waals surface area contributed by atoms with Crippen molar-refractivity contribution in [1.82, 2.24) is 15.1 Å². The van der Waals surface area contributed by atoms with Crippen molar-refractivity contribution >= 4 is 18.3 Å². The Kier molecular flexibility index (Phi) is 6.39. The number of carbonyl (C=O) groups is 1. The summed E-state index contributed by atoms with van der Waals surface area (Å²) in [6, 6.07) is 0.717. The number of halogens is 1. The van der Waals surface area contributed by atoms with Crippen LogP contribution in [0.15, 0.2) is 0 Å². The lowest BCUT2D eigenvalue weighted by atomic mass is 9.93. The highest BCUT2D eigenvalue weighted by molar-refractivity contribution is 5.85. The van der Waals surface area contributed by atoms with E-state index in [1.807, 2.05) is 4.90 Å². The first-order valence-electron chi connectivity index (χ1n) is 6.98. The minimum atomic E-state index is 0. The van der Waals surface area contributed by atoms with Gasteiger partial charge in [-0.1, -0.05) is 0 Å². The summed E-state index contributed by atoms with van der Waals surface area (Å²) in [7, 11) is 0. The predicted octanol–water partition coefficient (Wildman–Crippen LogP) is 0.960. The number of amides is 1. The van der Waals surface area contributed by atoms with Crippen LogP contribution in [-0.2, 0) is 4.79 Å². The van der Waals surface area contributed by atoms with Crippen molar-refractivity contribution in [2.75, 3.05) is 39.3 Å². The van der Waals surface area contributed by atoms with E-state index in [9.17, 15) is 4.79 Å². The summed E-state index contributed by atoms with van der Waals surface area (Å²) in [5, 5.41) is 3.56. The maximum absolute atomic E-state index is 12.0. The summed E-state index contributed by atoms with van der Waals surface area (Å²) in [6.45, 7) is 9.71. The Balaban J connectivity index is 0.00000162. The number of fused-ring (bicyclic) bond motifs is 1. The molecule has 4 nitrogen and oxygen atoms in total. The van der Waals surface area contributed by atoms with Crippen LogP contribution >= 0.6 is 12.4 Å². The van der Waals surface area contributed by atoms with Gasteiger partial charge in [0.1, 0.15) is 0 Å². The zero-order valence-electron chi connectivity index (χ0n) is 11.5. The molecule has 0 aromatic heterocycles. The lowest BCUT2D eigenvalue weighted by Crippen LogP contribution is -2.48. The summed E-state index contributed by atoms with van der Waals surface area (Å²) < 4.78 is 0. The lowest BCUT2D eigenvalue weighted by Gasteiger charge is -2.35. The van der Waals surface area contributed by atoms with E-state index in [0.29, 0.717) is 12.5 Å². The first-order valence-corrected chi connectivity index (χ1v) is 6.98. The van der Waals surface area contributed by atoms with Gasteiger partial charge in [-0.3, -0.25) is 9.69 Å². The van der Waals surface area contributed by atoms with Gasteiger partial charge in [-0.2, -0.15) is 0 Å². The van der Waals surface area contributed by atoms with E-state index < -0.39 is 0 Å². The molecule has 2 aliphatic heterocycles. The normalized spacial score (nSPS) is 27.4. The molecule has 106 valence electrons. The molecule has 1 amide bonds. The molecule has 0 aliphatic carbocycles. The topological polar surface area (TPSA) is 35.6 Å². The first-order chi connectivity index (χ1) is 8.24. The number of piperidine rings is 1. The Morgan fingerprint density at radius 1 is 1.33 bits per heavy atom.